The lowest BCUT2D eigenvalue weighted by Gasteiger charge is -2.07. The number of ether oxygens (including phenoxy) is 3. The Kier molecular flexibility index (Phi) is 7.89. The summed E-state index contributed by atoms with van der Waals surface area (Å²) >= 11 is 0. The van der Waals surface area contributed by atoms with Gasteiger partial charge in [0.2, 0.25) is 0 Å². The van der Waals surface area contributed by atoms with Crippen LogP contribution in [-0.4, -0.2) is 45.4 Å². The maximum atomic E-state index is 11.5. The van der Waals surface area contributed by atoms with Gasteiger partial charge in [-0.15, -0.1) is 0 Å². The van der Waals surface area contributed by atoms with Gasteiger partial charge in [0.15, 0.2) is 6.61 Å². The number of esters is 1. The quantitative estimate of drug-likeness (QED) is 0.686. The van der Waals surface area contributed by atoms with Crippen molar-refractivity contribution in [3.05, 3.63) is 29.8 Å². The topological polar surface area (TPSA) is 73.9 Å². The lowest BCUT2D eigenvalue weighted by molar-refractivity contribution is -0.152. The molecule has 1 aromatic carbocycles. The SMILES string of the molecule is CCOCC(=O)OCC(=O)NCCc1ccc(OC)cc1. The van der Waals surface area contributed by atoms with Crippen LogP contribution in [0.3, 0.4) is 0 Å². The number of carbonyl (C=O) groups excluding carboxylic acids is 2. The van der Waals surface area contributed by atoms with E-state index in [0.717, 1.165) is 11.3 Å². The van der Waals surface area contributed by atoms with Crippen LogP contribution in [0.1, 0.15) is 12.5 Å². The Morgan fingerprint density at radius 1 is 1.14 bits per heavy atom. The largest absolute Gasteiger partial charge is 0.497 e. The number of nitrogens with one attached hydrogen (secondary N) is 1. The highest BCUT2D eigenvalue weighted by Crippen LogP contribution is 2.11. The summed E-state index contributed by atoms with van der Waals surface area (Å²) in [4.78, 5) is 22.6. The van der Waals surface area contributed by atoms with Gasteiger partial charge in [0.05, 0.1) is 7.11 Å². The molecule has 0 atom stereocenters. The van der Waals surface area contributed by atoms with Crippen LogP contribution in [0.25, 0.3) is 0 Å². The van der Waals surface area contributed by atoms with Gasteiger partial charge in [-0.3, -0.25) is 4.79 Å². The van der Waals surface area contributed by atoms with E-state index in [1.54, 1.807) is 14.0 Å². The van der Waals surface area contributed by atoms with E-state index in [1.807, 2.05) is 24.3 Å². The molecule has 0 aliphatic carbocycles. The summed E-state index contributed by atoms with van der Waals surface area (Å²) in [7, 11) is 1.61. The first kappa shape index (κ1) is 17.0. The van der Waals surface area contributed by atoms with Crippen molar-refractivity contribution in [1.29, 1.82) is 0 Å². The summed E-state index contributed by atoms with van der Waals surface area (Å²) < 4.78 is 14.7. The molecule has 0 fully saturated rings. The second-order valence-electron chi connectivity index (χ2n) is 4.25. The molecule has 1 N–H and O–H groups in total. The van der Waals surface area contributed by atoms with Crippen molar-refractivity contribution in [3.8, 4) is 5.75 Å². The summed E-state index contributed by atoms with van der Waals surface area (Å²) in [6, 6.07) is 7.61. The van der Waals surface area contributed by atoms with Crippen LogP contribution in [0.4, 0.5) is 0 Å². The number of amides is 1. The predicted octanol–water partition coefficient (Wildman–Crippen LogP) is 0.934. The molecule has 1 aromatic rings. The molecule has 0 bridgehead atoms. The first-order chi connectivity index (χ1) is 10.2. The van der Waals surface area contributed by atoms with Crippen molar-refractivity contribution in [2.45, 2.75) is 13.3 Å². The van der Waals surface area contributed by atoms with E-state index in [9.17, 15) is 9.59 Å². The maximum Gasteiger partial charge on any atom is 0.332 e. The average Bonchev–Trinajstić information content (AvgIpc) is 2.51. The average molecular weight is 295 g/mol. The van der Waals surface area contributed by atoms with Gasteiger partial charge in [-0.1, -0.05) is 12.1 Å². The highest BCUT2D eigenvalue weighted by molar-refractivity contribution is 5.80. The first-order valence-corrected chi connectivity index (χ1v) is 6.78. The Bertz CT molecular complexity index is 444. The second-order valence-corrected chi connectivity index (χ2v) is 4.25. The van der Waals surface area contributed by atoms with Crippen LogP contribution >= 0.6 is 0 Å². The lowest BCUT2D eigenvalue weighted by Crippen LogP contribution is -2.31. The van der Waals surface area contributed by atoms with Gasteiger partial charge in [0, 0.05) is 13.2 Å². The van der Waals surface area contributed by atoms with Crippen molar-refractivity contribution >= 4 is 11.9 Å². The molecule has 21 heavy (non-hydrogen) atoms. The third-order valence-electron chi connectivity index (χ3n) is 2.68. The third kappa shape index (κ3) is 7.31. The van der Waals surface area contributed by atoms with Gasteiger partial charge in [0.25, 0.3) is 5.91 Å². The molecular weight excluding hydrogens is 274 g/mol. The molecule has 0 aliphatic heterocycles. The summed E-state index contributed by atoms with van der Waals surface area (Å²) in [6.07, 6.45) is 0.697. The summed E-state index contributed by atoms with van der Waals surface area (Å²) in [6.45, 7) is 2.28. The van der Waals surface area contributed by atoms with E-state index in [0.29, 0.717) is 19.6 Å². The molecule has 6 heteroatoms. The van der Waals surface area contributed by atoms with Gasteiger partial charge in [-0.05, 0) is 31.0 Å². The monoisotopic (exact) mass is 295 g/mol. The van der Waals surface area contributed by atoms with E-state index in [-0.39, 0.29) is 19.1 Å². The molecule has 0 radical (unpaired) electrons. The number of methoxy groups -OCH3 is 1. The van der Waals surface area contributed by atoms with E-state index >= 15 is 0 Å². The maximum absolute atomic E-state index is 11.5. The van der Waals surface area contributed by atoms with Gasteiger partial charge in [-0.2, -0.15) is 0 Å². The fourth-order valence-corrected chi connectivity index (χ4v) is 1.56. The van der Waals surface area contributed by atoms with Crippen LogP contribution in [0, 0.1) is 0 Å². The van der Waals surface area contributed by atoms with Gasteiger partial charge < -0.3 is 19.5 Å². The van der Waals surface area contributed by atoms with Crippen molar-refractivity contribution in [3.63, 3.8) is 0 Å². The summed E-state index contributed by atoms with van der Waals surface area (Å²) in [5, 5.41) is 2.68. The molecule has 0 spiro atoms. The van der Waals surface area contributed by atoms with Crippen LogP contribution in [-0.2, 0) is 25.5 Å². The first-order valence-electron chi connectivity index (χ1n) is 6.78. The number of rotatable bonds is 9. The minimum Gasteiger partial charge on any atom is -0.497 e. The Morgan fingerprint density at radius 2 is 1.86 bits per heavy atom. The van der Waals surface area contributed by atoms with Crippen LogP contribution < -0.4 is 10.1 Å². The van der Waals surface area contributed by atoms with Gasteiger partial charge in [-0.25, -0.2) is 4.79 Å². The van der Waals surface area contributed by atoms with Gasteiger partial charge in [0.1, 0.15) is 12.4 Å². The fourth-order valence-electron chi connectivity index (χ4n) is 1.56. The summed E-state index contributed by atoms with van der Waals surface area (Å²) in [5.41, 5.74) is 1.09. The minimum absolute atomic E-state index is 0.129. The summed E-state index contributed by atoms with van der Waals surface area (Å²) in [5.74, 6) is -0.0699. The van der Waals surface area contributed by atoms with Crippen LogP contribution in [0.2, 0.25) is 0 Å². The zero-order valence-electron chi connectivity index (χ0n) is 12.4. The predicted molar refractivity (Wildman–Crippen MR) is 77.2 cm³/mol. The standard InChI is InChI=1S/C15H21NO5/c1-3-20-11-15(18)21-10-14(17)16-9-8-12-4-6-13(19-2)7-5-12/h4-7H,3,8-11H2,1-2H3,(H,16,17). The van der Waals surface area contributed by atoms with Gasteiger partial charge >= 0.3 is 5.97 Å². The van der Waals surface area contributed by atoms with E-state index in [4.69, 9.17) is 14.2 Å². The molecule has 1 amide bonds. The van der Waals surface area contributed by atoms with E-state index in [2.05, 4.69) is 5.32 Å². The molecule has 0 aromatic heterocycles. The van der Waals surface area contributed by atoms with E-state index < -0.39 is 5.97 Å². The Balaban J connectivity index is 2.16. The Labute approximate surface area is 124 Å². The molecule has 0 heterocycles. The van der Waals surface area contributed by atoms with Crippen LogP contribution in [0.5, 0.6) is 5.75 Å². The normalized spacial score (nSPS) is 10.0. The number of benzene rings is 1. The lowest BCUT2D eigenvalue weighted by atomic mass is 10.1. The van der Waals surface area contributed by atoms with Crippen molar-refractivity contribution in [2.75, 3.05) is 33.5 Å². The number of hydrogen-bond donors (Lipinski definition) is 1. The Morgan fingerprint density at radius 3 is 2.48 bits per heavy atom. The molecule has 0 saturated heterocycles. The third-order valence-corrected chi connectivity index (χ3v) is 2.68. The van der Waals surface area contributed by atoms with Crippen molar-refractivity contribution in [2.24, 2.45) is 0 Å². The van der Waals surface area contributed by atoms with Crippen molar-refractivity contribution < 1.29 is 23.8 Å². The highest BCUT2D eigenvalue weighted by Gasteiger charge is 2.06. The smallest absolute Gasteiger partial charge is 0.332 e. The fraction of sp³-hybridized carbons (Fsp3) is 0.467. The number of hydrogen-bond acceptors (Lipinski definition) is 5. The highest BCUT2D eigenvalue weighted by atomic mass is 16.6. The Hall–Kier alpha value is -2.08. The molecular formula is C15H21NO5. The molecule has 0 unspecified atom stereocenters. The molecule has 6 nitrogen and oxygen atoms in total. The van der Waals surface area contributed by atoms with Crippen LogP contribution in [0.15, 0.2) is 24.3 Å². The van der Waals surface area contributed by atoms with E-state index in [1.165, 1.54) is 0 Å². The molecule has 116 valence electrons. The molecule has 0 aliphatic rings. The second kappa shape index (κ2) is 9.77. The van der Waals surface area contributed by atoms with Crippen molar-refractivity contribution in [1.82, 2.24) is 5.32 Å². The minimum atomic E-state index is -0.540. The number of carbonyl (C=O) groups is 2. The molecule has 0 saturated carbocycles. The zero-order valence-corrected chi connectivity index (χ0v) is 12.4. The zero-order chi connectivity index (χ0) is 15.5. The molecule has 1 rings (SSSR count).